The Hall–Kier alpha value is -0.630. The van der Waals surface area contributed by atoms with Gasteiger partial charge in [-0.1, -0.05) is 24.8 Å². The van der Waals surface area contributed by atoms with Crippen LogP contribution < -0.4 is 4.74 Å². The SMILES string of the molecule is CCOc1ccc(C(C)[S])cc1. The van der Waals surface area contributed by atoms with Crippen molar-refractivity contribution >= 4 is 12.6 Å². The molecule has 0 spiro atoms. The fraction of sp³-hybridized carbons (Fsp3) is 0.400. The summed E-state index contributed by atoms with van der Waals surface area (Å²) in [6.45, 7) is 4.69. The summed E-state index contributed by atoms with van der Waals surface area (Å²) in [5.41, 5.74) is 1.17. The first-order chi connectivity index (χ1) is 5.74. The van der Waals surface area contributed by atoms with E-state index in [1.54, 1.807) is 0 Å². The van der Waals surface area contributed by atoms with Crippen molar-refractivity contribution in [2.45, 2.75) is 19.1 Å². The van der Waals surface area contributed by atoms with Crippen LogP contribution in [0.3, 0.4) is 0 Å². The fourth-order valence-corrected chi connectivity index (χ4v) is 1.16. The number of hydrogen-bond acceptors (Lipinski definition) is 1. The van der Waals surface area contributed by atoms with Crippen LogP contribution in [0.5, 0.6) is 5.75 Å². The Morgan fingerprint density at radius 3 is 2.33 bits per heavy atom. The van der Waals surface area contributed by atoms with Gasteiger partial charge < -0.3 is 4.74 Å². The van der Waals surface area contributed by atoms with E-state index in [2.05, 4.69) is 0 Å². The zero-order valence-electron chi connectivity index (χ0n) is 7.41. The molecule has 1 aromatic rings. The Kier molecular flexibility index (Phi) is 3.48. The van der Waals surface area contributed by atoms with Gasteiger partial charge in [0.25, 0.3) is 0 Å². The molecule has 0 bridgehead atoms. The van der Waals surface area contributed by atoms with E-state index < -0.39 is 0 Å². The summed E-state index contributed by atoms with van der Waals surface area (Å²) >= 11 is 5.11. The Balaban J connectivity index is 2.71. The molecule has 0 aromatic heterocycles. The Morgan fingerprint density at radius 2 is 1.92 bits per heavy atom. The van der Waals surface area contributed by atoms with Crippen molar-refractivity contribution in [3.8, 4) is 5.75 Å². The second-order valence-corrected chi connectivity index (χ2v) is 3.35. The molecule has 1 unspecified atom stereocenters. The summed E-state index contributed by atoms with van der Waals surface area (Å²) < 4.78 is 5.31. The van der Waals surface area contributed by atoms with Crippen molar-refractivity contribution in [1.29, 1.82) is 0 Å². The molecule has 0 fully saturated rings. The molecule has 12 heavy (non-hydrogen) atoms. The minimum Gasteiger partial charge on any atom is -0.494 e. The monoisotopic (exact) mass is 181 g/mol. The fourth-order valence-electron chi connectivity index (χ4n) is 1.00. The third kappa shape index (κ3) is 2.45. The quantitative estimate of drug-likeness (QED) is 0.695. The summed E-state index contributed by atoms with van der Waals surface area (Å²) in [6.07, 6.45) is 0. The minimum atomic E-state index is 0.181. The van der Waals surface area contributed by atoms with E-state index in [0.717, 1.165) is 5.75 Å². The lowest BCUT2D eigenvalue weighted by molar-refractivity contribution is 0.340. The van der Waals surface area contributed by atoms with Crippen LogP contribution in [0.15, 0.2) is 24.3 Å². The Morgan fingerprint density at radius 1 is 1.33 bits per heavy atom. The van der Waals surface area contributed by atoms with Gasteiger partial charge in [0, 0.05) is 5.25 Å². The van der Waals surface area contributed by atoms with Gasteiger partial charge in [0.15, 0.2) is 0 Å². The number of ether oxygens (including phenoxy) is 1. The minimum absolute atomic E-state index is 0.181. The Bertz CT molecular complexity index is 228. The summed E-state index contributed by atoms with van der Waals surface area (Å²) in [7, 11) is 0. The van der Waals surface area contributed by atoms with Crippen LogP contribution in [0.2, 0.25) is 0 Å². The van der Waals surface area contributed by atoms with Crippen LogP contribution in [0.1, 0.15) is 24.7 Å². The van der Waals surface area contributed by atoms with E-state index in [4.69, 9.17) is 17.4 Å². The lowest BCUT2D eigenvalue weighted by Crippen LogP contribution is -1.91. The standard InChI is InChI=1S/C10H13OS/c1-3-11-10-6-4-9(5-7-10)8(2)12/h4-8H,3H2,1-2H3. The van der Waals surface area contributed by atoms with E-state index >= 15 is 0 Å². The summed E-state index contributed by atoms with van der Waals surface area (Å²) in [5.74, 6) is 0.914. The molecular weight excluding hydrogens is 168 g/mol. The average molecular weight is 181 g/mol. The highest BCUT2D eigenvalue weighted by molar-refractivity contribution is 7.80. The van der Waals surface area contributed by atoms with Crippen LogP contribution in [0.25, 0.3) is 0 Å². The molecule has 1 rings (SSSR count). The summed E-state index contributed by atoms with van der Waals surface area (Å²) in [5, 5.41) is 0.181. The highest BCUT2D eigenvalue weighted by Crippen LogP contribution is 2.21. The van der Waals surface area contributed by atoms with Gasteiger partial charge in [-0.25, -0.2) is 0 Å². The molecule has 65 valence electrons. The van der Waals surface area contributed by atoms with E-state index in [9.17, 15) is 0 Å². The second-order valence-electron chi connectivity index (χ2n) is 2.64. The van der Waals surface area contributed by atoms with Crippen LogP contribution in [0.4, 0.5) is 0 Å². The molecule has 1 atom stereocenters. The summed E-state index contributed by atoms with van der Waals surface area (Å²) in [4.78, 5) is 0. The van der Waals surface area contributed by atoms with Crippen LogP contribution in [-0.4, -0.2) is 6.61 Å². The van der Waals surface area contributed by atoms with Crippen molar-refractivity contribution in [2.75, 3.05) is 6.61 Å². The molecule has 0 N–H and O–H groups in total. The van der Waals surface area contributed by atoms with Gasteiger partial charge >= 0.3 is 0 Å². The lowest BCUT2D eigenvalue weighted by atomic mass is 10.2. The predicted octanol–water partition coefficient (Wildman–Crippen LogP) is 3.34. The average Bonchev–Trinajstić information content (AvgIpc) is 2.06. The molecule has 0 aliphatic carbocycles. The Labute approximate surface area is 79.2 Å². The topological polar surface area (TPSA) is 9.23 Å². The molecule has 1 aromatic carbocycles. The molecule has 2 heteroatoms. The first-order valence-corrected chi connectivity index (χ1v) is 4.59. The third-order valence-electron chi connectivity index (χ3n) is 1.66. The second kappa shape index (κ2) is 4.41. The number of rotatable bonds is 3. The maximum absolute atomic E-state index is 5.31. The summed E-state index contributed by atoms with van der Waals surface area (Å²) in [6, 6.07) is 7.95. The highest BCUT2D eigenvalue weighted by atomic mass is 32.1. The zero-order chi connectivity index (χ0) is 8.97. The molecule has 0 aliphatic rings. The van der Waals surface area contributed by atoms with Gasteiger partial charge in [0.1, 0.15) is 5.75 Å². The molecule has 1 nitrogen and oxygen atoms in total. The number of benzene rings is 1. The molecule has 1 radical (unpaired) electrons. The molecule has 0 aliphatic heterocycles. The zero-order valence-corrected chi connectivity index (χ0v) is 8.23. The van der Waals surface area contributed by atoms with E-state index in [1.165, 1.54) is 5.56 Å². The number of hydrogen-bond donors (Lipinski definition) is 0. The molecule has 0 saturated carbocycles. The van der Waals surface area contributed by atoms with Crippen LogP contribution in [-0.2, 0) is 0 Å². The maximum Gasteiger partial charge on any atom is 0.119 e. The van der Waals surface area contributed by atoms with Crippen LogP contribution in [0, 0.1) is 0 Å². The van der Waals surface area contributed by atoms with Crippen molar-refractivity contribution in [1.82, 2.24) is 0 Å². The lowest BCUT2D eigenvalue weighted by Gasteiger charge is -2.05. The van der Waals surface area contributed by atoms with Gasteiger partial charge in [-0.3, -0.25) is 0 Å². The first kappa shape index (κ1) is 9.46. The van der Waals surface area contributed by atoms with Crippen molar-refractivity contribution < 1.29 is 4.74 Å². The highest BCUT2D eigenvalue weighted by Gasteiger charge is 1.99. The van der Waals surface area contributed by atoms with E-state index in [-0.39, 0.29) is 5.25 Å². The molecule has 0 amide bonds. The van der Waals surface area contributed by atoms with Crippen molar-refractivity contribution in [2.24, 2.45) is 0 Å². The normalized spacial score (nSPS) is 12.6. The van der Waals surface area contributed by atoms with Gasteiger partial charge in [0.2, 0.25) is 0 Å². The molecule has 0 saturated heterocycles. The van der Waals surface area contributed by atoms with Crippen LogP contribution >= 0.6 is 12.6 Å². The first-order valence-electron chi connectivity index (χ1n) is 4.12. The third-order valence-corrected chi connectivity index (χ3v) is 1.93. The van der Waals surface area contributed by atoms with Gasteiger partial charge in [-0.2, -0.15) is 0 Å². The maximum atomic E-state index is 5.31. The van der Waals surface area contributed by atoms with Gasteiger partial charge in [-0.05, 0) is 31.5 Å². The molecular formula is C10H13OS. The predicted molar refractivity (Wildman–Crippen MR) is 53.6 cm³/mol. The molecule has 0 heterocycles. The van der Waals surface area contributed by atoms with Gasteiger partial charge in [-0.15, -0.1) is 0 Å². The van der Waals surface area contributed by atoms with Crippen molar-refractivity contribution in [3.05, 3.63) is 29.8 Å². The van der Waals surface area contributed by atoms with Gasteiger partial charge in [0.05, 0.1) is 6.61 Å². The smallest absolute Gasteiger partial charge is 0.119 e. The van der Waals surface area contributed by atoms with E-state index in [1.807, 2.05) is 38.1 Å². The van der Waals surface area contributed by atoms with Crippen molar-refractivity contribution in [3.63, 3.8) is 0 Å². The largest absolute Gasteiger partial charge is 0.494 e. The van der Waals surface area contributed by atoms with E-state index in [0.29, 0.717) is 6.61 Å².